The molecule has 17 heavy (non-hydrogen) atoms. The van der Waals surface area contributed by atoms with E-state index in [4.69, 9.17) is 4.74 Å². The lowest BCUT2D eigenvalue weighted by Gasteiger charge is -2.28. The highest BCUT2D eigenvalue weighted by atomic mass is 16.5. The van der Waals surface area contributed by atoms with Gasteiger partial charge >= 0.3 is 0 Å². The zero-order valence-electron chi connectivity index (χ0n) is 10.6. The molecule has 94 valence electrons. The fourth-order valence-electron chi connectivity index (χ4n) is 2.34. The van der Waals surface area contributed by atoms with E-state index in [2.05, 4.69) is 11.9 Å². The van der Waals surface area contributed by atoms with Gasteiger partial charge in [-0.1, -0.05) is 13.3 Å². The third kappa shape index (κ3) is 2.97. The molecule has 2 atom stereocenters. The van der Waals surface area contributed by atoms with Crippen LogP contribution in [0.15, 0.2) is 12.1 Å². The van der Waals surface area contributed by atoms with Crippen molar-refractivity contribution in [3.63, 3.8) is 0 Å². The maximum atomic E-state index is 9.90. The van der Waals surface area contributed by atoms with Crippen LogP contribution in [0.4, 0.5) is 0 Å². The van der Waals surface area contributed by atoms with Gasteiger partial charge in [0, 0.05) is 5.69 Å². The SMILES string of the molecule is CCc1nc(C)ccc1O[C@H]1CCCC[C@@H]1O. The number of aliphatic hydroxyl groups excluding tert-OH is 1. The molecule has 0 amide bonds. The van der Waals surface area contributed by atoms with Crippen molar-refractivity contribution in [3.05, 3.63) is 23.5 Å². The standard InChI is InChI=1S/C14H21NO2/c1-3-11-13(9-8-10(2)15-11)17-14-7-5-4-6-12(14)16/h8-9,12,14,16H,3-7H2,1-2H3/t12-,14-/m0/s1. The fourth-order valence-corrected chi connectivity index (χ4v) is 2.34. The van der Waals surface area contributed by atoms with E-state index in [0.717, 1.165) is 49.2 Å². The normalized spacial score (nSPS) is 24.6. The van der Waals surface area contributed by atoms with E-state index in [-0.39, 0.29) is 12.2 Å². The second-order valence-corrected chi connectivity index (χ2v) is 4.76. The molecule has 2 rings (SSSR count). The quantitative estimate of drug-likeness (QED) is 0.875. The Morgan fingerprint density at radius 2 is 2.12 bits per heavy atom. The number of nitrogens with zero attached hydrogens (tertiary/aromatic N) is 1. The Hall–Kier alpha value is -1.09. The molecular weight excluding hydrogens is 214 g/mol. The van der Waals surface area contributed by atoms with Crippen molar-refractivity contribution in [2.75, 3.05) is 0 Å². The molecule has 0 saturated heterocycles. The van der Waals surface area contributed by atoms with Gasteiger partial charge in [0.2, 0.25) is 0 Å². The third-order valence-corrected chi connectivity index (χ3v) is 3.35. The fraction of sp³-hybridized carbons (Fsp3) is 0.643. The molecule has 1 N–H and O–H groups in total. The summed E-state index contributed by atoms with van der Waals surface area (Å²) < 4.78 is 5.93. The minimum atomic E-state index is -0.324. The molecule has 1 aromatic rings. The van der Waals surface area contributed by atoms with Gasteiger partial charge < -0.3 is 9.84 Å². The van der Waals surface area contributed by atoms with Gasteiger partial charge in [-0.05, 0) is 44.7 Å². The van der Waals surface area contributed by atoms with E-state index in [0.29, 0.717) is 0 Å². The minimum Gasteiger partial charge on any atom is -0.486 e. The van der Waals surface area contributed by atoms with Crippen LogP contribution in [-0.2, 0) is 6.42 Å². The number of rotatable bonds is 3. The molecule has 0 bridgehead atoms. The Morgan fingerprint density at radius 3 is 2.82 bits per heavy atom. The number of aryl methyl sites for hydroxylation is 2. The smallest absolute Gasteiger partial charge is 0.141 e. The molecule has 1 fully saturated rings. The molecule has 0 spiro atoms. The first kappa shape index (κ1) is 12.4. The maximum Gasteiger partial charge on any atom is 0.141 e. The van der Waals surface area contributed by atoms with E-state index in [1.54, 1.807) is 0 Å². The Balaban J connectivity index is 2.11. The van der Waals surface area contributed by atoms with Gasteiger partial charge in [-0.15, -0.1) is 0 Å². The Labute approximate surface area is 103 Å². The molecule has 1 aliphatic carbocycles. The number of hydrogen-bond acceptors (Lipinski definition) is 3. The van der Waals surface area contributed by atoms with Crippen molar-refractivity contribution < 1.29 is 9.84 Å². The van der Waals surface area contributed by atoms with Crippen LogP contribution < -0.4 is 4.74 Å². The number of pyridine rings is 1. The van der Waals surface area contributed by atoms with E-state index in [1.807, 2.05) is 19.1 Å². The summed E-state index contributed by atoms with van der Waals surface area (Å²) in [7, 11) is 0. The molecule has 1 heterocycles. The third-order valence-electron chi connectivity index (χ3n) is 3.35. The van der Waals surface area contributed by atoms with Crippen molar-refractivity contribution in [3.8, 4) is 5.75 Å². The van der Waals surface area contributed by atoms with Gasteiger partial charge in [-0.3, -0.25) is 4.98 Å². The Bertz CT molecular complexity index is 378. The summed E-state index contributed by atoms with van der Waals surface area (Å²) in [5.74, 6) is 0.837. The summed E-state index contributed by atoms with van der Waals surface area (Å²) in [6.45, 7) is 4.06. The van der Waals surface area contributed by atoms with Crippen LogP contribution in [0.5, 0.6) is 5.75 Å². The summed E-state index contributed by atoms with van der Waals surface area (Å²) in [4.78, 5) is 4.48. The lowest BCUT2D eigenvalue weighted by atomic mass is 9.95. The first-order chi connectivity index (χ1) is 8.20. The molecule has 0 aliphatic heterocycles. The molecule has 0 aromatic carbocycles. The molecule has 0 radical (unpaired) electrons. The van der Waals surface area contributed by atoms with Crippen LogP contribution in [0.1, 0.15) is 44.0 Å². The monoisotopic (exact) mass is 235 g/mol. The number of hydrogen-bond donors (Lipinski definition) is 1. The molecular formula is C14H21NO2. The number of aromatic nitrogens is 1. The highest BCUT2D eigenvalue weighted by Gasteiger charge is 2.25. The molecule has 0 unspecified atom stereocenters. The van der Waals surface area contributed by atoms with Crippen molar-refractivity contribution in [1.29, 1.82) is 0 Å². The van der Waals surface area contributed by atoms with Gasteiger partial charge in [0.05, 0.1) is 11.8 Å². The second kappa shape index (κ2) is 5.50. The lowest BCUT2D eigenvalue weighted by molar-refractivity contribution is 0.00619. The van der Waals surface area contributed by atoms with E-state index < -0.39 is 0 Å². The number of ether oxygens (including phenoxy) is 1. The predicted molar refractivity (Wildman–Crippen MR) is 67.2 cm³/mol. The summed E-state index contributed by atoms with van der Waals surface area (Å²) >= 11 is 0. The van der Waals surface area contributed by atoms with E-state index >= 15 is 0 Å². The van der Waals surface area contributed by atoms with Crippen LogP contribution >= 0.6 is 0 Å². The van der Waals surface area contributed by atoms with Gasteiger partial charge in [-0.25, -0.2) is 0 Å². The summed E-state index contributed by atoms with van der Waals surface area (Å²) in [5.41, 5.74) is 2.00. The first-order valence-corrected chi connectivity index (χ1v) is 6.52. The molecule has 3 nitrogen and oxygen atoms in total. The predicted octanol–water partition coefficient (Wildman–Crippen LogP) is 2.63. The zero-order valence-corrected chi connectivity index (χ0v) is 10.6. The van der Waals surface area contributed by atoms with Gasteiger partial charge in [0.1, 0.15) is 11.9 Å². The average molecular weight is 235 g/mol. The lowest BCUT2D eigenvalue weighted by Crippen LogP contribution is -2.34. The average Bonchev–Trinajstić information content (AvgIpc) is 2.34. The van der Waals surface area contributed by atoms with E-state index in [1.165, 1.54) is 0 Å². The first-order valence-electron chi connectivity index (χ1n) is 6.52. The topological polar surface area (TPSA) is 42.4 Å². The summed E-state index contributed by atoms with van der Waals surface area (Å²) in [5, 5.41) is 9.90. The van der Waals surface area contributed by atoms with Crippen molar-refractivity contribution >= 4 is 0 Å². The minimum absolute atomic E-state index is 0.0569. The zero-order chi connectivity index (χ0) is 12.3. The molecule has 3 heteroatoms. The largest absolute Gasteiger partial charge is 0.486 e. The maximum absolute atomic E-state index is 9.90. The number of aliphatic hydroxyl groups is 1. The second-order valence-electron chi connectivity index (χ2n) is 4.76. The van der Waals surface area contributed by atoms with Crippen molar-refractivity contribution in [2.24, 2.45) is 0 Å². The van der Waals surface area contributed by atoms with Crippen LogP contribution in [0.2, 0.25) is 0 Å². The Kier molecular flexibility index (Phi) is 4.00. The van der Waals surface area contributed by atoms with Gasteiger partial charge in [-0.2, -0.15) is 0 Å². The van der Waals surface area contributed by atoms with Crippen LogP contribution in [0.25, 0.3) is 0 Å². The molecule has 1 saturated carbocycles. The van der Waals surface area contributed by atoms with E-state index in [9.17, 15) is 5.11 Å². The summed E-state index contributed by atoms with van der Waals surface area (Å²) in [6.07, 6.45) is 4.52. The Morgan fingerprint density at radius 1 is 1.35 bits per heavy atom. The van der Waals surface area contributed by atoms with Crippen LogP contribution in [0, 0.1) is 6.92 Å². The van der Waals surface area contributed by atoms with Crippen LogP contribution in [0.3, 0.4) is 0 Å². The van der Waals surface area contributed by atoms with Crippen LogP contribution in [-0.4, -0.2) is 22.3 Å². The van der Waals surface area contributed by atoms with Gasteiger partial charge in [0.25, 0.3) is 0 Å². The molecule has 1 aromatic heterocycles. The summed E-state index contributed by atoms with van der Waals surface area (Å²) in [6, 6.07) is 3.94. The highest BCUT2D eigenvalue weighted by Crippen LogP contribution is 2.26. The van der Waals surface area contributed by atoms with Gasteiger partial charge in [0.15, 0.2) is 0 Å². The van der Waals surface area contributed by atoms with Crippen molar-refractivity contribution in [1.82, 2.24) is 4.98 Å². The van der Waals surface area contributed by atoms with Crippen molar-refractivity contribution in [2.45, 2.75) is 58.2 Å². The molecule has 1 aliphatic rings. The highest BCUT2D eigenvalue weighted by molar-refractivity contribution is 5.29.